The highest BCUT2D eigenvalue weighted by Gasteiger charge is 2.25. The molecular weight excluding hydrogens is 268 g/mol. The van der Waals surface area contributed by atoms with Gasteiger partial charge in [0.15, 0.2) is 0 Å². The zero-order valence-corrected chi connectivity index (χ0v) is 14.0. The van der Waals surface area contributed by atoms with Gasteiger partial charge in [-0.3, -0.25) is 4.90 Å². The van der Waals surface area contributed by atoms with Crippen LogP contribution in [0.2, 0.25) is 0 Å². The van der Waals surface area contributed by atoms with E-state index < -0.39 is 0 Å². The van der Waals surface area contributed by atoms with Gasteiger partial charge in [-0.05, 0) is 42.3 Å². The summed E-state index contributed by atoms with van der Waals surface area (Å²) in [6.45, 7) is 12.3. The summed E-state index contributed by atoms with van der Waals surface area (Å²) in [5, 5.41) is 0. The minimum absolute atomic E-state index is 0. The summed E-state index contributed by atoms with van der Waals surface area (Å²) in [7, 11) is 0. The number of likely N-dealkylation sites (tertiary alicyclic amines) is 1. The Morgan fingerprint density at radius 3 is 2.30 bits per heavy atom. The molecule has 3 heteroatoms. The number of hydrogen-bond acceptors (Lipinski definition) is 2. The van der Waals surface area contributed by atoms with Crippen molar-refractivity contribution in [3.05, 3.63) is 35.4 Å². The Hall–Kier alpha value is -0.570. The van der Waals surface area contributed by atoms with Crippen LogP contribution in [0.4, 0.5) is 0 Å². The second-order valence-corrected chi connectivity index (χ2v) is 7.09. The van der Waals surface area contributed by atoms with Crippen LogP contribution in [0.1, 0.15) is 45.2 Å². The summed E-state index contributed by atoms with van der Waals surface area (Å²) >= 11 is 0. The summed E-state index contributed by atoms with van der Waals surface area (Å²) in [5.74, 6) is 0.675. The van der Waals surface area contributed by atoms with Crippen molar-refractivity contribution in [1.82, 2.24) is 4.90 Å². The van der Waals surface area contributed by atoms with Crippen molar-refractivity contribution in [2.45, 2.75) is 52.1 Å². The molecule has 0 aliphatic carbocycles. The molecule has 0 bridgehead atoms. The number of benzene rings is 1. The molecule has 2 rings (SSSR count). The Morgan fingerprint density at radius 1 is 1.25 bits per heavy atom. The molecule has 1 saturated heterocycles. The highest BCUT2D eigenvalue weighted by molar-refractivity contribution is 5.85. The smallest absolute Gasteiger partial charge is 0.0233 e. The molecule has 2 unspecified atom stereocenters. The van der Waals surface area contributed by atoms with E-state index in [2.05, 4.69) is 56.9 Å². The Labute approximate surface area is 130 Å². The van der Waals surface area contributed by atoms with Gasteiger partial charge >= 0.3 is 0 Å². The van der Waals surface area contributed by atoms with Gasteiger partial charge in [-0.2, -0.15) is 0 Å². The molecule has 1 aliphatic rings. The van der Waals surface area contributed by atoms with E-state index in [4.69, 9.17) is 5.73 Å². The van der Waals surface area contributed by atoms with Gasteiger partial charge in [0.2, 0.25) is 0 Å². The van der Waals surface area contributed by atoms with Crippen LogP contribution >= 0.6 is 12.4 Å². The van der Waals surface area contributed by atoms with E-state index in [-0.39, 0.29) is 17.8 Å². The van der Waals surface area contributed by atoms with Gasteiger partial charge in [0, 0.05) is 19.1 Å². The zero-order valence-electron chi connectivity index (χ0n) is 13.2. The quantitative estimate of drug-likeness (QED) is 0.924. The van der Waals surface area contributed by atoms with Crippen LogP contribution in [0, 0.1) is 5.92 Å². The van der Waals surface area contributed by atoms with Gasteiger partial charge in [0.1, 0.15) is 0 Å². The van der Waals surface area contributed by atoms with Crippen molar-refractivity contribution >= 4 is 12.4 Å². The molecule has 0 amide bonds. The average Bonchev–Trinajstić information content (AvgIpc) is 2.77. The fraction of sp³-hybridized carbons (Fsp3) is 0.647. The topological polar surface area (TPSA) is 29.3 Å². The van der Waals surface area contributed by atoms with Crippen molar-refractivity contribution in [1.29, 1.82) is 0 Å². The highest BCUT2D eigenvalue weighted by Crippen LogP contribution is 2.24. The Morgan fingerprint density at radius 2 is 1.85 bits per heavy atom. The van der Waals surface area contributed by atoms with Crippen LogP contribution < -0.4 is 5.73 Å². The second kappa shape index (κ2) is 6.93. The molecule has 1 fully saturated rings. The summed E-state index contributed by atoms with van der Waals surface area (Å²) in [4.78, 5) is 2.53. The molecule has 1 aromatic carbocycles. The average molecular weight is 297 g/mol. The molecule has 0 spiro atoms. The minimum atomic E-state index is 0. The van der Waals surface area contributed by atoms with Crippen LogP contribution in [-0.4, -0.2) is 24.0 Å². The summed E-state index contributed by atoms with van der Waals surface area (Å²) in [6.07, 6.45) is 1.25. The van der Waals surface area contributed by atoms with Gasteiger partial charge < -0.3 is 5.73 Å². The number of hydrogen-bond donors (Lipinski definition) is 1. The number of halogens is 1. The van der Waals surface area contributed by atoms with Gasteiger partial charge in [0.05, 0.1) is 0 Å². The van der Waals surface area contributed by atoms with E-state index in [0.29, 0.717) is 12.0 Å². The Bertz CT molecular complexity index is 406. The third-order valence-electron chi connectivity index (χ3n) is 4.28. The first-order valence-corrected chi connectivity index (χ1v) is 7.43. The van der Waals surface area contributed by atoms with Gasteiger partial charge in [-0.1, -0.05) is 45.0 Å². The molecule has 0 saturated carbocycles. The molecule has 1 aromatic rings. The summed E-state index contributed by atoms with van der Waals surface area (Å²) in [5.41, 5.74) is 9.06. The molecule has 2 atom stereocenters. The summed E-state index contributed by atoms with van der Waals surface area (Å²) < 4.78 is 0. The standard InChI is InChI=1S/C17H28N2.ClH/c1-13(18)15-9-10-19(12-15)11-14-5-7-16(8-6-14)17(2,3)4;/h5-8,13,15H,9-12,18H2,1-4H3;1H. The van der Waals surface area contributed by atoms with E-state index in [1.807, 2.05) is 0 Å². The maximum Gasteiger partial charge on any atom is 0.0233 e. The molecular formula is C17H29ClN2. The number of nitrogens with two attached hydrogens (primary N) is 1. The van der Waals surface area contributed by atoms with E-state index in [1.165, 1.54) is 24.1 Å². The second-order valence-electron chi connectivity index (χ2n) is 7.09. The summed E-state index contributed by atoms with van der Waals surface area (Å²) in [6, 6.07) is 9.43. The first kappa shape index (κ1) is 17.5. The highest BCUT2D eigenvalue weighted by atomic mass is 35.5. The van der Waals surface area contributed by atoms with Crippen molar-refractivity contribution in [3.63, 3.8) is 0 Å². The van der Waals surface area contributed by atoms with Crippen LogP contribution in [0.25, 0.3) is 0 Å². The normalized spacial score (nSPS) is 21.6. The third kappa shape index (κ3) is 4.47. The fourth-order valence-electron chi connectivity index (χ4n) is 2.80. The molecule has 114 valence electrons. The lowest BCUT2D eigenvalue weighted by Gasteiger charge is -2.21. The van der Waals surface area contributed by atoms with Crippen molar-refractivity contribution in [2.24, 2.45) is 11.7 Å². The van der Waals surface area contributed by atoms with Crippen LogP contribution in [0.5, 0.6) is 0 Å². The molecule has 1 heterocycles. The zero-order chi connectivity index (χ0) is 14.0. The maximum atomic E-state index is 5.99. The van der Waals surface area contributed by atoms with Gasteiger partial charge in [0.25, 0.3) is 0 Å². The monoisotopic (exact) mass is 296 g/mol. The molecule has 2 nitrogen and oxygen atoms in total. The Kier molecular flexibility index (Phi) is 6.06. The maximum absolute atomic E-state index is 5.99. The fourth-order valence-corrected chi connectivity index (χ4v) is 2.80. The molecule has 0 radical (unpaired) electrons. The molecule has 20 heavy (non-hydrogen) atoms. The Balaban J connectivity index is 0.00000200. The van der Waals surface area contributed by atoms with Crippen LogP contribution in [0.15, 0.2) is 24.3 Å². The lowest BCUT2D eigenvalue weighted by Crippen LogP contribution is -2.29. The number of nitrogens with zero attached hydrogens (tertiary/aromatic N) is 1. The van der Waals surface area contributed by atoms with Crippen molar-refractivity contribution in [3.8, 4) is 0 Å². The van der Waals surface area contributed by atoms with E-state index in [1.54, 1.807) is 0 Å². The lowest BCUT2D eigenvalue weighted by molar-refractivity contribution is 0.308. The third-order valence-corrected chi connectivity index (χ3v) is 4.28. The predicted octanol–water partition coefficient (Wildman–Crippen LogP) is 3.58. The molecule has 2 N–H and O–H groups in total. The SMILES string of the molecule is CC(N)C1CCN(Cc2ccc(C(C)(C)C)cc2)C1.Cl. The van der Waals surface area contributed by atoms with E-state index in [0.717, 1.165) is 13.1 Å². The predicted molar refractivity (Wildman–Crippen MR) is 89.4 cm³/mol. The van der Waals surface area contributed by atoms with E-state index in [9.17, 15) is 0 Å². The lowest BCUT2D eigenvalue weighted by atomic mass is 9.87. The largest absolute Gasteiger partial charge is 0.328 e. The first-order chi connectivity index (χ1) is 8.86. The first-order valence-electron chi connectivity index (χ1n) is 7.43. The molecule has 0 aromatic heterocycles. The van der Waals surface area contributed by atoms with Crippen LogP contribution in [0.3, 0.4) is 0 Å². The van der Waals surface area contributed by atoms with Gasteiger partial charge in [-0.25, -0.2) is 0 Å². The van der Waals surface area contributed by atoms with Crippen LogP contribution in [-0.2, 0) is 12.0 Å². The molecule has 1 aliphatic heterocycles. The van der Waals surface area contributed by atoms with E-state index >= 15 is 0 Å². The van der Waals surface area contributed by atoms with Crippen molar-refractivity contribution < 1.29 is 0 Å². The van der Waals surface area contributed by atoms with Gasteiger partial charge in [-0.15, -0.1) is 12.4 Å². The number of rotatable bonds is 3. The minimum Gasteiger partial charge on any atom is -0.328 e. The van der Waals surface area contributed by atoms with Crippen molar-refractivity contribution in [2.75, 3.05) is 13.1 Å².